The Morgan fingerprint density at radius 1 is 1.25 bits per heavy atom. The molecule has 1 heterocycles. The normalized spacial score (nSPS) is 10.1. The van der Waals surface area contributed by atoms with Crippen LogP contribution in [-0.4, -0.2) is 29.0 Å². The summed E-state index contributed by atoms with van der Waals surface area (Å²) in [6.45, 7) is 3.15. The van der Waals surface area contributed by atoms with Crippen molar-refractivity contribution in [2.24, 2.45) is 0 Å². The van der Waals surface area contributed by atoms with E-state index in [9.17, 15) is 4.79 Å². The van der Waals surface area contributed by atoms with E-state index in [2.05, 4.69) is 43.2 Å². The third-order valence-corrected chi connectivity index (χ3v) is 3.47. The average molecular weight is 382 g/mol. The van der Waals surface area contributed by atoms with Crippen molar-refractivity contribution in [1.82, 2.24) is 15.3 Å². The quantitative estimate of drug-likeness (QED) is 0.615. The van der Waals surface area contributed by atoms with Gasteiger partial charge in [0.25, 0.3) is 5.91 Å². The molecule has 0 radical (unpaired) electrons. The number of aromatic nitrogens is 2. The molecule has 6 heteroatoms. The van der Waals surface area contributed by atoms with Crippen molar-refractivity contribution in [3.8, 4) is 0 Å². The van der Waals surface area contributed by atoms with Crippen molar-refractivity contribution >= 4 is 34.3 Å². The molecule has 0 aliphatic carbocycles. The Hall–Kier alpha value is -1.70. The standard InChI is InChI=1S/C14H15IN4O/c1-10-2-4-11(5-3-10)14(20)18-7-6-17-13-12(15)8-16-9-19-13/h2-5,8-9H,6-7H2,1H3,(H,18,20)(H,16,17,19). The van der Waals surface area contributed by atoms with Crippen LogP contribution in [0.5, 0.6) is 0 Å². The molecule has 0 unspecified atom stereocenters. The van der Waals surface area contributed by atoms with Crippen molar-refractivity contribution in [2.45, 2.75) is 6.92 Å². The number of aryl methyl sites for hydroxylation is 1. The van der Waals surface area contributed by atoms with Crippen LogP contribution in [0.15, 0.2) is 36.8 Å². The van der Waals surface area contributed by atoms with Crippen LogP contribution in [-0.2, 0) is 0 Å². The third kappa shape index (κ3) is 4.16. The fourth-order valence-electron chi connectivity index (χ4n) is 1.61. The Morgan fingerprint density at radius 3 is 2.70 bits per heavy atom. The first-order valence-electron chi connectivity index (χ1n) is 6.21. The van der Waals surface area contributed by atoms with E-state index in [1.54, 1.807) is 6.20 Å². The molecular formula is C14H15IN4O. The summed E-state index contributed by atoms with van der Waals surface area (Å²) in [4.78, 5) is 19.9. The largest absolute Gasteiger partial charge is 0.367 e. The lowest BCUT2D eigenvalue weighted by molar-refractivity contribution is 0.0955. The van der Waals surface area contributed by atoms with Gasteiger partial charge >= 0.3 is 0 Å². The predicted octanol–water partition coefficient (Wildman–Crippen LogP) is 2.23. The zero-order valence-electron chi connectivity index (χ0n) is 11.1. The fourth-order valence-corrected chi connectivity index (χ4v) is 2.10. The molecule has 104 valence electrons. The van der Waals surface area contributed by atoms with E-state index < -0.39 is 0 Å². The lowest BCUT2D eigenvalue weighted by atomic mass is 10.1. The van der Waals surface area contributed by atoms with E-state index >= 15 is 0 Å². The molecule has 1 aromatic carbocycles. The van der Waals surface area contributed by atoms with Crippen LogP contribution in [0, 0.1) is 10.5 Å². The molecule has 5 nitrogen and oxygen atoms in total. The lowest BCUT2D eigenvalue weighted by Crippen LogP contribution is -2.29. The first-order valence-corrected chi connectivity index (χ1v) is 7.29. The van der Waals surface area contributed by atoms with Gasteiger partial charge in [0, 0.05) is 24.8 Å². The van der Waals surface area contributed by atoms with E-state index in [4.69, 9.17) is 0 Å². The zero-order valence-corrected chi connectivity index (χ0v) is 13.2. The van der Waals surface area contributed by atoms with Crippen molar-refractivity contribution in [1.29, 1.82) is 0 Å². The van der Waals surface area contributed by atoms with Crippen LogP contribution >= 0.6 is 22.6 Å². The molecule has 2 aromatic rings. The molecule has 0 saturated carbocycles. The van der Waals surface area contributed by atoms with Crippen molar-refractivity contribution in [3.63, 3.8) is 0 Å². The van der Waals surface area contributed by atoms with Crippen molar-refractivity contribution < 1.29 is 4.79 Å². The molecule has 1 aromatic heterocycles. The van der Waals surface area contributed by atoms with Gasteiger partial charge in [-0.1, -0.05) is 17.7 Å². The second-order valence-electron chi connectivity index (χ2n) is 4.27. The minimum Gasteiger partial charge on any atom is -0.367 e. The smallest absolute Gasteiger partial charge is 0.251 e. The molecule has 0 aliphatic rings. The maximum absolute atomic E-state index is 11.9. The highest BCUT2D eigenvalue weighted by molar-refractivity contribution is 14.1. The predicted molar refractivity (Wildman–Crippen MR) is 86.8 cm³/mol. The number of rotatable bonds is 5. The topological polar surface area (TPSA) is 66.9 Å². The molecule has 20 heavy (non-hydrogen) atoms. The van der Waals surface area contributed by atoms with E-state index in [0.29, 0.717) is 18.7 Å². The van der Waals surface area contributed by atoms with Gasteiger partial charge in [-0.2, -0.15) is 0 Å². The van der Waals surface area contributed by atoms with Crippen LogP contribution < -0.4 is 10.6 Å². The summed E-state index contributed by atoms with van der Waals surface area (Å²) >= 11 is 2.16. The summed E-state index contributed by atoms with van der Waals surface area (Å²) in [7, 11) is 0. The van der Waals surface area contributed by atoms with Gasteiger partial charge in [0.2, 0.25) is 0 Å². The van der Waals surface area contributed by atoms with E-state index in [-0.39, 0.29) is 5.91 Å². The summed E-state index contributed by atoms with van der Waals surface area (Å²) in [5.41, 5.74) is 1.81. The number of hydrogen-bond acceptors (Lipinski definition) is 4. The van der Waals surface area contributed by atoms with Crippen molar-refractivity contribution in [3.05, 3.63) is 51.5 Å². The monoisotopic (exact) mass is 382 g/mol. The maximum atomic E-state index is 11.9. The van der Waals surface area contributed by atoms with Gasteiger partial charge in [0.05, 0.1) is 3.57 Å². The second-order valence-corrected chi connectivity index (χ2v) is 5.43. The molecule has 0 atom stereocenters. The van der Waals surface area contributed by atoms with Gasteiger partial charge in [-0.25, -0.2) is 9.97 Å². The number of amides is 1. The molecule has 2 N–H and O–H groups in total. The Balaban J connectivity index is 1.77. The summed E-state index contributed by atoms with van der Waals surface area (Å²) in [5, 5.41) is 6.02. The first kappa shape index (κ1) is 14.7. The molecule has 0 saturated heterocycles. The van der Waals surface area contributed by atoms with Crippen molar-refractivity contribution in [2.75, 3.05) is 18.4 Å². The number of carbonyl (C=O) groups is 1. The number of nitrogens with one attached hydrogen (secondary N) is 2. The van der Waals surface area contributed by atoms with E-state index in [0.717, 1.165) is 15.0 Å². The molecule has 1 amide bonds. The number of nitrogens with zero attached hydrogens (tertiary/aromatic N) is 2. The summed E-state index contributed by atoms with van der Waals surface area (Å²) in [6.07, 6.45) is 3.23. The molecule has 0 fully saturated rings. The van der Waals surface area contributed by atoms with Gasteiger partial charge in [-0.05, 0) is 41.6 Å². The molecule has 0 bridgehead atoms. The van der Waals surface area contributed by atoms with Gasteiger partial charge in [0.15, 0.2) is 0 Å². The van der Waals surface area contributed by atoms with Gasteiger partial charge in [-0.15, -0.1) is 0 Å². The van der Waals surface area contributed by atoms with E-state index in [1.165, 1.54) is 6.33 Å². The van der Waals surface area contributed by atoms with Crippen LogP contribution in [0.4, 0.5) is 5.82 Å². The number of anilines is 1. The van der Waals surface area contributed by atoms with Crippen LogP contribution in [0.3, 0.4) is 0 Å². The Kier molecular flexibility index (Phi) is 5.28. The highest BCUT2D eigenvalue weighted by Crippen LogP contribution is 2.11. The highest BCUT2D eigenvalue weighted by Gasteiger charge is 2.04. The highest BCUT2D eigenvalue weighted by atomic mass is 127. The minimum atomic E-state index is -0.0656. The first-order chi connectivity index (χ1) is 9.66. The number of benzene rings is 1. The number of carbonyl (C=O) groups excluding carboxylic acids is 1. The Bertz CT molecular complexity index is 586. The van der Waals surface area contributed by atoms with Gasteiger partial charge in [-0.3, -0.25) is 4.79 Å². The average Bonchev–Trinajstić information content (AvgIpc) is 2.46. The molecule has 0 aliphatic heterocycles. The summed E-state index contributed by atoms with van der Waals surface area (Å²) in [5.74, 6) is 0.717. The van der Waals surface area contributed by atoms with E-state index in [1.807, 2.05) is 31.2 Å². The maximum Gasteiger partial charge on any atom is 0.251 e. The molecule has 0 spiro atoms. The SMILES string of the molecule is Cc1ccc(C(=O)NCCNc2ncncc2I)cc1. The van der Waals surface area contributed by atoms with Crippen LogP contribution in [0.2, 0.25) is 0 Å². The summed E-state index contributed by atoms with van der Waals surface area (Å²) < 4.78 is 0.954. The molecular weight excluding hydrogens is 367 g/mol. The molecule has 2 rings (SSSR count). The zero-order chi connectivity index (χ0) is 14.4. The van der Waals surface area contributed by atoms with Gasteiger partial charge < -0.3 is 10.6 Å². The summed E-state index contributed by atoms with van der Waals surface area (Å²) in [6, 6.07) is 7.50. The second kappa shape index (κ2) is 7.18. The number of halogens is 1. The fraction of sp³-hybridized carbons (Fsp3) is 0.214. The Labute approximate surface area is 131 Å². The Morgan fingerprint density at radius 2 is 2.00 bits per heavy atom. The van der Waals surface area contributed by atoms with Gasteiger partial charge in [0.1, 0.15) is 12.1 Å². The number of hydrogen-bond donors (Lipinski definition) is 2. The lowest BCUT2D eigenvalue weighted by Gasteiger charge is -2.08. The van der Waals surface area contributed by atoms with Crippen LogP contribution in [0.1, 0.15) is 15.9 Å². The third-order valence-electron chi connectivity index (χ3n) is 2.68. The minimum absolute atomic E-state index is 0.0656. The van der Waals surface area contributed by atoms with Crippen LogP contribution in [0.25, 0.3) is 0 Å².